The van der Waals surface area contributed by atoms with Gasteiger partial charge in [-0.2, -0.15) is 18.4 Å². The Morgan fingerprint density at radius 3 is 2.47 bits per heavy atom. The van der Waals surface area contributed by atoms with E-state index in [0.717, 1.165) is 6.07 Å². The van der Waals surface area contributed by atoms with E-state index in [-0.39, 0.29) is 11.1 Å². The molecule has 2 nitrogen and oxygen atoms in total. The maximum atomic E-state index is 12.5. The van der Waals surface area contributed by atoms with Crippen molar-refractivity contribution >= 4 is 0 Å². The molecule has 1 aromatic rings. The maximum absolute atomic E-state index is 12.5. The first-order valence-electron chi connectivity index (χ1n) is 4.20. The molecule has 1 unspecified atom stereocenters. The quantitative estimate of drug-likeness (QED) is 0.780. The van der Waals surface area contributed by atoms with Crippen LogP contribution in [0.3, 0.4) is 0 Å². The summed E-state index contributed by atoms with van der Waals surface area (Å²) in [4.78, 5) is 0. The van der Waals surface area contributed by atoms with E-state index < -0.39 is 17.8 Å². The van der Waals surface area contributed by atoms with Crippen LogP contribution in [0.5, 0.6) is 0 Å². The number of alkyl halides is 3. The minimum Gasteiger partial charge on any atom is -0.312 e. The standard InChI is InChI=1S/C10H9F3N2/c1-6-7(9(15)5-14)3-2-4-8(6)10(11,12)13/h2-4,9H,15H2,1H3. The lowest BCUT2D eigenvalue weighted by molar-refractivity contribution is -0.138. The molecule has 80 valence electrons. The van der Waals surface area contributed by atoms with E-state index in [1.54, 1.807) is 6.07 Å². The highest BCUT2D eigenvalue weighted by molar-refractivity contribution is 5.39. The zero-order chi connectivity index (χ0) is 11.6. The lowest BCUT2D eigenvalue weighted by Crippen LogP contribution is -2.14. The third kappa shape index (κ3) is 2.28. The van der Waals surface area contributed by atoms with E-state index in [2.05, 4.69) is 0 Å². The first kappa shape index (κ1) is 11.5. The van der Waals surface area contributed by atoms with Crippen molar-refractivity contribution in [2.45, 2.75) is 19.1 Å². The van der Waals surface area contributed by atoms with Crippen LogP contribution in [-0.4, -0.2) is 0 Å². The molecule has 5 heteroatoms. The Kier molecular flexibility index (Phi) is 3.01. The van der Waals surface area contributed by atoms with Crippen LogP contribution in [0.25, 0.3) is 0 Å². The van der Waals surface area contributed by atoms with Crippen molar-refractivity contribution in [2.75, 3.05) is 0 Å². The average molecular weight is 214 g/mol. The topological polar surface area (TPSA) is 49.8 Å². The fraction of sp³-hybridized carbons (Fsp3) is 0.300. The van der Waals surface area contributed by atoms with Gasteiger partial charge in [-0.25, -0.2) is 0 Å². The monoisotopic (exact) mass is 214 g/mol. The van der Waals surface area contributed by atoms with E-state index in [1.807, 2.05) is 0 Å². The van der Waals surface area contributed by atoms with Crippen molar-refractivity contribution in [1.82, 2.24) is 0 Å². The number of halogens is 3. The molecule has 1 atom stereocenters. The summed E-state index contributed by atoms with van der Waals surface area (Å²) in [5.74, 6) is 0. The van der Waals surface area contributed by atoms with Crippen molar-refractivity contribution in [3.63, 3.8) is 0 Å². The number of nitriles is 1. The molecule has 0 aliphatic carbocycles. The van der Waals surface area contributed by atoms with Crippen molar-refractivity contribution in [1.29, 1.82) is 5.26 Å². The highest BCUT2D eigenvalue weighted by Gasteiger charge is 2.33. The Bertz CT molecular complexity index is 404. The summed E-state index contributed by atoms with van der Waals surface area (Å²) in [5, 5.41) is 8.55. The molecule has 15 heavy (non-hydrogen) atoms. The second-order valence-electron chi connectivity index (χ2n) is 3.12. The number of benzene rings is 1. The fourth-order valence-corrected chi connectivity index (χ4v) is 1.37. The minimum absolute atomic E-state index is 0.0130. The largest absolute Gasteiger partial charge is 0.416 e. The van der Waals surface area contributed by atoms with Crippen LogP contribution in [0.4, 0.5) is 13.2 Å². The van der Waals surface area contributed by atoms with E-state index in [1.165, 1.54) is 19.1 Å². The predicted molar refractivity (Wildman–Crippen MR) is 48.7 cm³/mol. The molecule has 0 saturated carbocycles. The Hall–Kier alpha value is -1.54. The third-order valence-electron chi connectivity index (χ3n) is 2.16. The van der Waals surface area contributed by atoms with Crippen molar-refractivity contribution in [3.05, 3.63) is 34.9 Å². The van der Waals surface area contributed by atoms with Gasteiger partial charge in [0, 0.05) is 0 Å². The van der Waals surface area contributed by atoms with Gasteiger partial charge >= 0.3 is 6.18 Å². The van der Waals surface area contributed by atoms with E-state index in [4.69, 9.17) is 11.0 Å². The Balaban J connectivity index is 3.31. The molecule has 0 aliphatic heterocycles. The Morgan fingerprint density at radius 1 is 1.40 bits per heavy atom. The van der Waals surface area contributed by atoms with Crippen LogP contribution >= 0.6 is 0 Å². The average Bonchev–Trinajstić information content (AvgIpc) is 2.15. The molecule has 0 saturated heterocycles. The van der Waals surface area contributed by atoms with Gasteiger partial charge in [-0.3, -0.25) is 0 Å². The molecule has 0 heterocycles. The molecule has 0 bridgehead atoms. The second-order valence-corrected chi connectivity index (χ2v) is 3.12. The molecule has 0 aliphatic rings. The van der Waals surface area contributed by atoms with E-state index in [9.17, 15) is 13.2 Å². The van der Waals surface area contributed by atoms with Gasteiger partial charge in [0.25, 0.3) is 0 Å². The Labute approximate surface area is 85.1 Å². The zero-order valence-corrected chi connectivity index (χ0v) is 7.97. The normalized spacial score (nSPS) is 13.3. The molecule has 1 aromatic carbocycles. The number of hydrogen-bond acceptors (Lipinski definition) is 2. The van der Waals surface area contributed by atoms with Gasteiger partial charge < -0.3 is 5.73 Å². The van der Waals surface area contributed by atoms with Gasteiger partial charge in [0.15, 0.2) is 0 Å². The molecule has 0 aromatic heterocycles. The van der Waals surface area contributed by atoms with Gasteiger partial charge in [-0.05, 0) is 24.1 Å². The molecule has 0 spiro atoms. The van der Waals surface area contributed by atoms with Gasteiger partial charge in [0.1, 0.15) is 6.04 Å². The highest BCUT2D eigenvalue weighted by Crippen LogP contribution is 2.33. The molecule has 0 fully saturated rings. The summed E-state index contributed by atoms with van der Waals surface area (Å²) in [6.07, 6.45) is -4.41. The number of nitrogens with two attached hydrogens (primary N) is 1. The van der Waals surface area contributed by atoms with Crippen LogP contribution in [0.2, 0.25) is 0 Å². The Morgan fingerprint density at radius 2 is 2.00 bits per heavy atom. The van der Waals surface area contributed by atoms with Gasteiger partial charge in [-0.1, -0.05) is 12.1 Å². The van der Waals surface area contributed by atoms with Crippen LogP contribution in [0.1, 0.15) is 22.7 Å². The first-order valence-corrected chi connectivity index (χ1v) is 4.20. The van der Waals surface area contributed by atoms with Crippen LogP contribution in [0, 0.1) is 18.3 Å². The van der Waals surface area contributed by atoms with E-state index in [0.29, 0.717) is 0 Å². The number of hydrogen-bond donors (Lipinski definition) is 1. The third-order valence-corrected chi connectivity index (χ3v) is 2.16. The van der Waals surface area contributed by atoms with Crippen molar-refractivity contribution in [3.8, 4) is 6.07 Å². The molecule has 2 N–H and O–H groups in total. The molecule has 0 amide bonds. The van der Waals surface area contributed by atoms with Gasteiger partial charge in [0.05, 0.1) is 11.6 Å². The molecule has 1 rings (SSSR count). The second kappa shape index (κ2) is 3.91. The predicted octanol–water partition coefficient (Wildman–Crippen LogP) is 2.54. The minimum atomic E-state index is -4.41. The van der Waals surface area contributed by atoms with Gasteiger partial charge in [0.2, 0.25) is 0 Å². The lowest BCUT2D eigenvalue weighted by Gasteiger charge is -2.14. The summed E-state index contributed by atoms with van der Waals surface area (Å²) in [5.41, 5.74) is 4.86. The highest BCUT2D eigenvalue weighted by atomic mass is 19.4. The molecular weight excluding hydrogens is 205 g/mol. The molecular formula is C10H9F3N2. The number of nitrogens with zero attached hydrogens (tertiary/aromatic N) is 1. The van der Waals surface area contributed by atoms with Crippen LogP contribution in [-0.2, 0) is 6.18 Å². The summed E-state index contributed by atoms with van der Waals surface area (Å²) in [7, 11) is 0. The smallest absolute Gasteiger partial charge is 0.312 e. The van der Waals surface area contributed by atoms with Crippen molar-refractivity contribution < 1.29 is 13.2 Å². The summed E-state index contributed by atoms with van der Waals surface area (Å²) >= 11 is 0. The molecule has 0 radical (unpaired) electrons. The van der Waals surface area contributed by atoms with Crippen LogP contribution in [0.15, 0.2) is 18.2 Å². The van der Waals surface area contributed by atoms with Gasteiger partial charge in [-0.15, -0.1) is 0 Å². The van der Waals surface area contributed by atoms with Crippen molar-refractivity contribution in [2.24, 2.45) is 5.73 Å². The van der Waals surface area contributed by atoms with Crippen LogP contribution < -0.4 is 5.73 Å². The lowest BCUT2D eigenvalue weighted by atomic mass is 9.97. The van der Waals surface area contributed by atoms with E-state index >= 15 is 0 Å². The SMILES string of the molecule is Cc1c(C(N)C#N)cccc1C(F)(F)F. The summed E-state index contributed by atoms with van der Waals surface area (Å²) in [6, 6.07) is 4.35. The summed E-state index contributed by atoms with van der Waals surface area (Å²) in [6.45, 7) is 1.31. The maximum Gasteiger partial charge on any atom is 0.416 e. The fourth-order valence-electron chi connectivity index (χ4n) is 1.37. The zero-order valence-electron chi connectivity index (χ0n) is 7.97. The first-order chi connectivity index (χ1) is 6.88. The number of rotatable bonds is 1. The summed E-state index contributed by atoms with van der Waals surface area (Å²) < 4.78 is 37.4.